The van der Waals surface area contributed by atoms with E-state index in [-0.39, 0.29) is 5.91 Å². The molecule has 2 fully saturated rings. The van der Waals surface area contributed by atoms with E-state index in [2.05, 4.69) is 9.88 Å². The van der Waals surface area contributed by atoms with Gasteiger partial charge in [-0.25, -0.2) is 13.4 Å². The van der Waals surface area contributed by atoms with Gasteiger partial charge in [-0.05, 0) is 37.5 Å². The minimum Gasteiger partial charge on any atom is -0.439 e. The number of carbonyl (C=O) groups excluding carboxylic acids is 1. The normalized spacial score (nSPS) is 20.0. The van der Waals surface area contributed by atoms with Gasteiger partial charge in [-0.15, -0.1) is 0 Å². The van der Waals surface area contributed by atoms with Crippen LogP contribution in [-0.2, 0) is 16.6 Å². The molecule has 8 nitrogen and oxygen atoms in total. The topological polar surface area (TPSA) is 87.0 Å². The Kier molecular flexibility index (Phi) is 5.39. The number of nitrogens with zero attached hydrogens (tertiary/aromatic N) is 4. The van der Waals surface area contributed by atoms with Crippen LogP contribution in [0.2, 0.25) is 0 Å². The maximum atomic E-state index is 12.7. The van der Waals surface area contributed by atoms with Crippen LogP contribution in [0.4, 0.5) is 0 Å². The molecule has 152 valence electrons. The number of likely N-dealkylation sites (tertiary alicyclic amines) is 1. The second kappa shape index (κ2) is 7.81. The molecular formula is C19H26N4O4S. The molecule has 2 aromatic rings. The van der Waals surface area contributed by atoms with Crippen LogP contribution in [0.5, 0.6) is 0 Å². The number of sulfonamides is 1. The van der Waals surface area contributed by atoms with Crippen LogP contribution < -0.4 is 0 Å². The van der Waals surface area contributed by atoms with Crippen LogP contribution in [0, 0.1) is 0 Å². The Morgan fingerprint density at radius 2 is 1.79 bits per heavy atom. The van der Waals surface area contributed by atoms with Crippen molar-refractivity contribution >= 4 is 27.0 Å². The van der Waals surface area contributed by atoms with Crippen molar-refractivity contribution in [1.29, 1.82) is 0 Å². The lowest BCUT2D eigenvalue weighted by Crippen LogP contribution is -2.47. The quantitative estimate of drug-likeness (QED) is 0.765. The minimum atomic E-state index is -3.13. The number of oxazole rings is 1. The molecule has 0 bridgehead atoms. The number of benzene rings is 1. The van der Waals surface area contributed by atoms with Crippen LogP contribution in [0.1, 0.15) is 35.5 Å². The Labute approximate surface area is 165 Å². The lowest BCUT2D eigenvalue weighted by atomic mass is 10.1. The molecule has 0 N–H and O–H groups in total. The molecule has 4 rings (SSSR count). The molecule has 9 heteroatoms. The molecule has 0 radical (unpaired) electrons. The molecule has 1 aromatic carbocycles. The minimum absolute atomic E-state index is 0.0584. The first-order chi connectivity index (χ1) is 13.4. The molecule has 0 unspecified atom stereocenters. The van der Waals surface area contributed by atoms with Crippen molar-refractivity contribution in [2.75, 3.05) is 45.5 Å². The molecular weight excluding hydrogens is 380 g/mol. The Bertz CT molecular complexity index is 957. The molecule has 0 saturated carbocycles. The lowest BCUT2D eigenvalue weighted by molar-refractivity contribution is 0.0724. The second-order valence-corrected chi connectivity index (χ2v) is 9.56. The summed E-state index contributed by atoms with van der Waals surface area (Å²) >= 11 is 0. The molecule has 1 aromatic heterocycles. The number of piperidine rings is 1. The van der Waals surface area contributed by atoms with Gasteiger partial charge >= 0.3 is 0 Å². The summed E-state index contributed by atoms with van der Waals surface area (Å²) in [6, 6.07) is 5.42. The summed E-state index contributed by atoms with van der Waals surface area (Å²) in [5.74, 6) is 0.647. The van der Waals surface area contributed by atoms with Crippen LogP contribution in [0.25, 0.3) is 11.1 Å². The molecule has 28 heavy (non-hydrogen) atoms. The third-order valence-electron chi connectivity index (χ3n) is 5.48. The van der Waals surface area contributed by atoms with E-state index in [1.54, 1.807) is 12.1 Å². The number of fused-ring (bicyclic) bond motifs is 1. The predicted molar refractivity (Wildman–Crippen MR) is 105 cm³/mol. The van der Waals surface area contributed by atoms with Crippen molar-refractivity contribution in [3.63, 3.8) is 0 Å². The van der Waals surface area contributed by atoms with Gasteiger partial charge in [-0.2, -0.15) is 4.31 Å². The summed E-state index contributed by atoms with van der Waals surface area (Å²) < 4.78 is 30.6. The van der Waals surface area contributed by atoms with E-state index in [9.17, 15) is 13.2 Å². The summed E-state index contributed by atoms with van der Waals surface area (Å²) in [5, 5.41) is 0. The average molecular weight is 407 g/mol. The van der Waals surface area contributed by atoms with Crippen LogP contribution in [0.15, 0.2) is 22.6 Å². The van der Waals surface area contributed by atoms with E-state index in [0.29, 0.717) is 55.3 Å². The van der Waals surface area contributed by atoms with Crippen molar-refractivity contribution in [3.05, 3.63) is 29.7 Å². The zero-order chi connectivity index (χ0) is 19.7. The Balaban J connectivity index is 1.43. The van der Waals surface area contributed by atoms with Crippen LogP contribution in [-0.4, -0.2) is 78.9 Å². The maximum absolute atomic E-state index is 12.7. The third-order valence-corrected chi connectivity index (χ3v) is 6.78. The molecule has 1 amide bonds. The van der Waals surface area contributed by atoms with Gasteiger partial charge < -0.3 is 9.32 Å². The number of carbonyl (C=O) groups is 1. The van der Waals surface area contributed by atoms with Crippen molar-refractivity contribution in [1.82, 2.24) is 19.1 Å². The fraction of sp³-hybridized carbons (Fsp3) is 0.579. The molecule has 0 aliphatic carbocycles. The Hall–Kier alpha value is -1.97. The summed E-state index contributed by atoms with van der Waals surface area (Å²) in [7, 11) is -3.13. The van der Waals surface area contributed by atoms with E-state index in [4.69, 9.17) is 4.42 Å². The standard InChI is InChI=1S/C19H26N4O4S/c1-28(25,26)23-11-9-21(10-12-23)14-18-20-16-13-15(5-6-17(16)27-18)19(24)22-7-3-2-4-8-22/h5-6,13H,2-4,7-12,14H2,1H3. The number of hydrogen-bond acceptors (Lipinski definition) is 6. The monoisotopic (exact) mass is 406 g/mol. The van der Waals surface area contributed by atoms with Crippen molar-refractivity contribution < 1.29 is 17.6 Å². The molecule has 0 atom stereocenters. The Morgan fingerprint density at radius 3 is 2.46 bits per heavy atom. The maximum Gasteiger partial charge on any atom is 0.253 e. The van der Waals surface area contributed by atoms with Crippen molar-refractivity contribution in [3.8, 4) is 0 Å². The predicted octanol–water partition coefficient (Wildman–Crippen LogP) is 1.53. The number of rotatable bonds is 4. The third kappa shape index (κ3) is 4.21. The summed E-state index contributed by atoms with van der Waals surface area (Å²) in [4.78, 5) is 21.3. The summed E-state index contributed by atoms with van der Waals surface area (Å²) in [6.07, 6.45) is 4.56. The fourth-order valence-corrected chi connectivity index (χ4v) is 4.69. The first-order valence-corrected chi connectivity index (χ1v) is 11.6. The lowest BCUT2D eigenvalue weighted by Gasteiger charge is -2.32. The van der Waals surface area contributed by atoms with Gasteiger partial charge in [0.1, 0.15) is 5.52 Å². The number of piperazine rings is 1. The molecule has 0 spiro atoms. The van der Waals surface area contributed by atoms with Gasteiger partial charge in [0.25, 0.3) is 5.91 Å². The van der Waals surface area contributed by atoms with E-state index in [1.807, 2.05) is 11.0 Å². The highest BCUT2D eigenvalue weighted by Crippen LogP contribution is 2.21. The molecule has 3 heterocycles. The van der Waals surface area contributed by atoms with E-state index in [1.165, 1.54) is 17.0 Å². The smallest absolute Gasteiger partial charge is 0.253 e. The van der Waals surface area contributed by atoms with Gasteiger partial charge in [0.2, 0.25) is 15.9 Å². The number of amides is 1. The Morgan fingerprint density at radius 1 is 1.07 bits per heavy atom. The van der Waals surface area contributed by atoms with Crippen LogP contribution in [0.3, 0.4) is 0 Å². The fourth-order valence-electron chi connectivity index (χ4n) is 3.87. The van der Waals surface area contributed by atoms with Gasteiger partial charge in [0.05, 0.1) is 12.8 Å². The van der Waals surface area contributed by atoms with E-state index in [0.717, 1.165) is 25.9 Å². The average Bonchev–Trinajstić information content (AvgIpc) is 3.09. The first-order valence-electron chi connectivity index (χ1n) is 9.76. The highest BCUT2D eigenvalue weighted by Gasteiger charge is 2.24. The van der Waals surface area contributed by atoms with E-state index < -0.39 is 10.0 Å². The summed E-state index contributed by atoms with van der Waals surface area (Å²) in [6.45, 7) is 4.42. The number of aromatic nitrogens is 1. The van der Waals surface area contributed by atoms with Gasteiger partial charge in [-0.1, -0.05) is 0 Å². The van der Waals surface area contributed by atoms with Crippen molar-refractivity contribution in [2.24, 2.45) is 0 Å². The molecule has 2 aliphatic heterocycles. The van der Waals surface area contributed by atoms with Crippen LogP contribution >= 0.6 is 0 Å². The van der Waals surface area contributed by atoms with Gasteiger partial charge in [0.15, 0.2) is 5.58 Å². The largest absolute Gasteiger partial charge is 0.439 e. The number of hydrogen-bond donors (Lipinski definition) is 0. The molecule has 2 saturated heterocycles. The van der Waals surface area contributed by atoms with Gasteiger partial charge in [0, 0.05) is 44.8 Å². The summed E-state index contributed by atoms with van der Waals surface area (Å²) in [5.41, 5.74) is 2.00. The SMILES string of the molecule is CS(=O)(=O)N1CCN(Cc2nc3cc(C(=O)N4CCCCC4)ccc3o2)CC1. The second-order valence-electron chi connectivity index (χ2n) is 7.58. The zero-order valence-corrected chi connectivity index (χ0v) is 16.9. The highest BCUT2D eigenvalue weighted by atomic mass is 32.2. The zero-order valence-electron chi connectivity index (χ0n) is 16.1. The highest BCUT2D eigenvalue weighted by molar-refractivity contribution is 7.88. The first kappa shape index (κ1) is 19.4. The van der Waals surface area contributed by atoms with Crippen molar-refractivity contribution in [2.45, 2.75) is 25.8 Å². The van der Waals surface area contributed by atoms with Gasteiger partial charge in [-0.3, -0.25) is 9.69 Å². The van der Waals surface area contributed by atoms with E-state index >= 15 is 0 Å². The molecule has 2 aliphatic rings.